The Bertz CT molecular complexity index is 601. The molecule has 1 aromatic rings. The van der Waals surface area contributed by atoms with E-state index in [4.69, 9.17) is 4.99 Å². The summed E-state index contributed by atoms with van der Waals surface area (Å²) in [5, 5.41) is 0.914. The second-order valence-corrected chi connectivity index (χ2v) is 7.17. The van der Waals surface area contributed by atoms with Gasteiger partial charge in [0.1, 0.15) is 0 Å². The molecule has 2 atom stereocenters. The quantitative estimate of drug-likeness (QED) is 0.723. The summed E-state index contributed by atoms with van der Waals surface area (Å²) in [7, 11) is 0. The van der Waals surface area contributed by atoms with Crippen molar-refractivity contribution in [3.63, 3.8) is 0 Å². The van der Waals surface area contributed by atoms with Crippen molar-refractivity contribution in [2.24, 2.45) is 4.99 Å². The standard InChI is InChI=1S/C14H13BrN2OS/c15-8-5-6-12-9(7-8)13(18)17-11-4-2-1-3-10(11)16-14(17)19-12/h5-7,10-11H,1-4H2/t10-,11-/m1/s1. The van der Waals surface area contributed by atoms with E-state index in [1.165, 1.54) is 12.8 Å². The predicted molar refractivity (Wildman–Crippen MR) is 79.6 cm³/mol. The summed E-state index contributed by atoms with van der Waals surface area (Å²) in [5.41, 5.74) is 0.810. The van der Waals surface area contributed by atoms with E-state index in [0.717, 1.165) is 32.9 Å². The molecule has 1 aliphatic carbocycles. The molecular weight excluding hydrogens is 324 g/mol. The molecular formula is C14H13BrN2OS. The average Bonchev–Trinajstić information content (AvgIpc) is 2.78. The number of amides is 1. The number of amidine groups is 1. The lowest BCUT2D eigenvalue weighted by molar-refractivity contribution is 0.0783. The van der Waals surface area contributed by atoms with Crippen LogP contribution in [-0.2, 0) is 0 Å². The number of carbonyl (C=O) groups is 1. The van der Waals surface area contributed by atoms with Crippen LogP contribution < -0.4 is 0 Å². The largest absolute Gasteiger partial charge is 0.282 e. The topological polar surface area (TPSA) is 32.7 Å². The lowest BCUT2D eigenvalue weighted by atomic mass is 9.90. The molecule has 98 valence electrons. The van der Waals surface area contributed by atoms with E-state index in [2.05, 4.69) is 15.9 Å². The van der Waals surface area contributed by atoms with Crippen LogP contribution >= 0.6 is 27.7 Å². The molecule has 3 nitrogen and oxygen atoms in total. The summed E-state index contributed by atoms with van der Waals surface area (Å²) in [6.07, 6.45) is 4.67. The van der Waals surface area contributed by atoms with Crippen molar-refractivity contribution in [1.82, 2.24) is 4.90 Å². The van der Waals surface area contributed by atoms with E-state index in [-0.39, 0.29) is 5.91 Å². The van der Waals surface area contributed by atoms with Crippen LogP contribution in [0.2, 0.25) is 0 Å². The highest BCUT2D eigenvalue weighted by Crippen LogP contribution is 2.42. The fourth-order valence-corrected chi connectivity index (χ4v) is 4.64. The Hall–Kier alpha value is -0.810. The smallest absolute Gasteiger partial charge is 0.261 e. The average molecular weight is 337 g/mol. The Morgan fingerprint density at radius 3 is 3.05 bits per heavy atom. The number of halogens is 1. The Morgan fingerprint density at radius 1 is 1.32 bits per heavy atom. The van der Waals surface area contributed by atoms with Gasteiger partial charge in [-0.1, -0.05) is 40.5 Å². The first-order valence-corrected chi connectivity index (χ1v) is 8.24. The van der Waals surface area contributed by atoms with Gasteiger partial charge in [-0.05, 0) is 31.0 Å². The minimum absolute atomic E-state index is 0.128. The molecule has 1 aromatic carbocycles. The van der Waals surface area contributed by atoms with Crippen molar-refractivity contribution in [1.29, 1.82) is 0 Å². The number of nitrogens with zero attached hydrogens (tertiary/aromatic N) is 2. The van der Waals surface area contributed by atoms with Gasteiger partial charge in [-0.2, -0.15) is 0 Å². The second kappa shape index (κ2) is 4.35. The third kappa shape index (κ3) is 1.78. The van der Waals surface area contributed by atoms with Gasteiger partial charge in [-0.3, -0.25) is 14.7 Å². The molecule has 0 spiro atoms. The maximum atomic E-state index is 12.7. The normalized spacial score (nSPS) is 28.6. The molecule has 4 rings (SSSR count). The van der Waals surface area contributed by atoms with Crippen LogP contribution in [0.4, 0.5) is 0 Å². The Kier molecular flexibility index (Phi) is 2.74. The molecule has 3 aliphatic rings. The van der Waals surface area contributed by atoms with Crippen LogP contribution in [0.25, 0.3) is 0 Å². The number of fused-ring (bicyclic) bond motifs is 4. The molecule has 5 heteroatoms. The van der Waals surface area contributed by atoms with Gasteiger partial charge in [0.2, 0.25) is 0 Å². The van der Waals surface area contributed by atoms with Crippen LogP contribution in [0, 0.1) is 0 Å². The minimum Gasteiger partial charge on any atom is -0.282 e. The lowest BCUT2D eigenvalue weighted by Gasteiger charge is -2.33. The van der Waals surface area contributed by atoms with Crippen molar-refractivity contribution in [3.8, 4) is 0 Å². The number of benzene rings is 1. The second-order valence-electron chi connectivity index (χ2n) is 5.25. The van der Waals surface area contributed by atoms with Gasteiger partial charge in [0, 0.05) is 9.37 Å². The molecule has 19 heavy (non-hydrogen) atoms. The summed E-state index contributed by atoms with van der Waals surface area (Å²) in [6.45, 7) is 0. The number of hydrogen-bond acceptors (Lipinski definition) is 3. The summed E-state index contributed by atoms with van der Waals surface area (Å²) in [6, 6.07) is 6.55. The van der Waals surface area contributed by atoms with E-state index < -0.39 is 0 Å². The van der Waals surface area contributed by atoms with Gasteiger partial charge in [0.05, 0.1) is 17.6 Å². The van der Waals surface area contributed by atoms with Crippen LogP contribution in [0.1, 0.15) is 36.0 Å². The summed E-state index contributed by atoms with van der Waals surface area (Å²) >= 11 is 5.09. The maximum Gasteiger partial charge on any atom is 0.261 e. The molecule has 0 unspecified atom stereocenters. The Labute approximate surface area is 124 Å². The molecule has 0 radical (unpaired) electrons. The van der Waals surface area contributed by atoms with E-state index in [1.54, 1.807) is 11.8 Å². The van der Waals surface area contributed by atoms with Gasteiger partial charge in [-0.15, -0.1) is 0 Å². The first kappa shape index (κ1) is 12.0. The highest BCUT2D eigenvalue weighted by molar-refractivity contribution is 9.10. The molecule has 0 N–H and O–H groups in total. The lowest BCUT2D eigenvalue weighted by Crippen LogP contribution is -2.46. The zero-order valence-electron chi connectivity index (χ0n) is 10.3. The number of hydrogen-bond donors (Lipinski definition) is 0. The molecule has 2 heterocycles. The number of thioether (sulfide) groups is 1. The Balaban J connectivity index is 1.78. The maximum absolute atomic E-state index is 12.7. The third-order valence-corrected chi connectivity index (χ3v) is 5.65. The molecule has 0 aromatic heterocycles. The minimum atomic E-state index is 0.128. The molecule has 0 saturated heterocycles. The van der Waals surface area contributed by atoms with Gasteiger partial charge in [0.15, 0.2) is 5.17 Å². The van der Waals surface area contributed by atoms with E-state index in [9.17, 15) is 4.79 Å². The zero-order valence-corrected chi connectivity index (χ0v) is 12.7. The number of aliphatic imine (C=N–C) groups is 1. The van der Waals surface area contributed by atoms with Crippen molar-refractivity contribution >= 4 is 38.8 Å². The predicted octanol–water partition coefficient (Wildman–Crippen LogP) is 3.68. The molecule has 0 bridgehead atoms. The molecule has 1 saturated carbocycles. The summed E-state index contributed by atoms with van der Waals surface area (Å²) < 4.78 is 0.958. The first-order valence-electron chi connectivity index (χ1n) is 6.63. The fourth-order valence-electron chi connectivity index (χ4n) is 3.19. The van der Waals surface area contributed by atoms with Crippen molar-refractivity contribution < 1.29 is 4.79 Å². The van der Waals surface area contributed by atoms with E-state index in [1.807, 2.05) is 23.1 Å². The zero-order chi connectivity index (χ0) is 13.0. The van der Waals surface area contributed by atoms with Crippen LogP contribution in [-0.4, -0.2) is 28.1 Å². The molecule has 2 aliphatic heterocycles. The van der Waals surface area contributed by atoms with Gasteiger partial charge < -0.3 is 0 Å². The highest BCUT2D eigenvalue weighted by atomic mass is 79.9. The van der Waals surface area contributed by atoms with Crippen LogP contribution in [0.15, 0.2) is 32.6 Å². The number of carbonyl (C=O) groups excluding carboxylic acids is 1. The first-order chi connectivity index (χ1) is 9.24. The monoisotopic (exact) mass is 336 g/mol. The van der Waals surface area contributed by atoms with Crippen LogP contribution in [0.5, 0.6) is 0 Å². The summed E-state index contributed by atoms with van der Waals surface area (Å²) in [4.78, 5) is 20.5. The van der Waals surface area contributed by atoms with Crippen molar-refractivity contribution in [3.05, 3.63) is 28.2 Å². The van der Waals surface area contributed by atoms with Crippen molar-refractivity contribution in [2.75, 3.05) is 0 Å². The number of rotatable bonds is 0. The van der Waals surface area contributed by atoms with Gasteiger partial charge in [-0.25, -0.2) is 0 Å². The molecule has 1 fully saturated rings. The van der Waals surface area contributed by atoms with Gasteiger partial charge >= 0.3 is 0 Å². The molecule has 1 amide bonds. The highest BCUT2D eigenvalue weighted by Gasteiger charge is 2.44. The van der Waals surface area contributed by atoms with Gasteiger partial charge in [0.25, 0.3) is 5.91 Å². The third-order valence-electron chi connectivity index (χ3n) is 4.10. The Morgan fingerprint density at radius 2 is 2.16 bits per heavy atom. The van der Waals surface area contributed by atoms with Crippen molar-refractivity contribution in [2.45, 2.75) is 42.7 Å². The SMILES string of the molecule is O=C1c2cc(Br)ccc2SC2=N[C@@H]3CCCC[C@H]3N12. The van der Waals surface area contributed by atoms with Crippen LogP contribution in [0.3, 0.4) is 0 Å². The summed E-state index contributed by atoms with van der Waals surface area (Å²) in [5.74, 6) is 0.128. The van der Waals surface area contributed by atoms with E-state index in [0.29, 0.717) is 12.1 Å². The van der Waals surface area contributed by atoms with E-state index >= 15 is 0 Å². The fraction of sp³-hybridized carbons (Fsp3) is 0.429.